The molecule has 1 heterocycles. The molecule has 94 valence electrons. The van der Waals surface area contributed by atoms with Crippen molar-refractivity contribution in [2.24, 2.45) is 5.92 Å². The number of anilines is 1. The molecule has 0 aliphatic carbocycles. The van der Waals surface area contributed by atoms with Crippen LogP contribution in [0.2, 0.25) is 0 Å². The molecule has 1 N–H and O–H groups in total. The normalized spacial score (nSPS) is 21.2. The van der Waals surface area contributed by atoms with Gasteiger partial charge in [0.05, 0.1) is 19.4 Å². The minimum absolute atomic E-state index is 0.390. The molecule has 4 heteroatoms. The fourth-order valence-corrected chi connectivity index (χ4v) is 2.46. The lowest BCUT2D eigenvalue weighted by Gasteiger charge is -2.22. The van der Waals surface area contributed by atoms with Crippen molar-refractivity contribution in [3.63, 3.8) is 0 Å². The number of methoxy groups -OCH3 is 1. The molecule has 1 aliphatic rings. The molecule has 1 saturated heterocycles. The summed E-state index contributed by atoms with van der Waals surface area (Å²) in [5.41, 5.74) is 1.03. The number of nitrogens with one attached hydrogen (secondary N) is 1. The Morgan fingerprint density at radius 1 is 1.53 bits per heavy atom. The van der Waals surface area contributed by atoms with Gasteiger partial charge in [0.15, 0.2) is 0 Å². The topological polar surface area (TPSA) is 30.5 Å². The van der Waals surface area contributed by atoms with Crippen molar-refractivity contribution in [1.82, 2.24) is 0 Å². The Balaban J connectivity index is 2.08. The quantitative estimate of drug-likeness (QED) is 0.925. The first-order valence-electron chi connectivity index (χ1n) is 5.88. The van der Waals surface area contributed by atoms with Gasteiger partial charge in [-0.3, -0.25) is 0 Å². The van der Waals surface area contributed by atoms with E-state index in [1.807, 2.05) is 18.2 Å². The minimum Gasteiger partial charge on any atom is -0.495 e. The van der Waals surface area contributed by atoms with Crippen LogP contribution >= 0.6 is 15.9 Å². The first-order chi connectivity index (χ1) is 8.20. The van der Waals surface area contributed by atoms with Gasteiger partial charge in [-0.1, -0.05) is 15.9 Å². The number of rotatable bonds is 4. The van der Waals surface area contributed by atoms with Crippen molar-refractivity contribution < 1.29 is 9.47 Å². The molecule has 1 aliphatic heterocycles. The van der Waals surface area contributed by atoms with Crippen LogP contribution in [-0.4, -0.2) is 26.4 Å². The fraction of sp³-hybridized carbons (Fsp3) is 0.538. The van der Waals surface area contributed by atoms with E-state index in [0.29, 0.717) is 12.0 Å². The summed E-state index contributed by atoms with van der Waals surface area (Å²) in [5, 5.41) is 3.51. The highest BCUT2D eigenvalue weighted by atomic mass is 79.9. The lowest BCUT2D eigenvalue weighted by molar-refractivity contribution is 0.183. The summed E-state index contributed by atoms with van der Waals surface area (Å²) in [5.74, 6) is 1.46. The Hall–Kier alpha value is -0.740. The fourth-order valence-electron chi connectivity index (χ4n) is 2.10. The molecule has 0 bridgehead atoms. The van der Waals surface area contributed by atoms with Crippen LogP contribution in [0.15, 0.2) is 22.7 Å². The number of hydrogen-bond acceptors (Lipinski definition) is 3. The van der Waals surface area contributed by atoms with E-state index in [4.69, 9.17) is 9.47 Å². The Morgan fingerprint density at radius 2 is 2.35 bits per heavy atom. The zero-order chi connectivity index (χ0) is 12.3. The van der Waals surface area contributed by atoms with E-state index in [2.05, 4.69) is 28.2 Å². The molecular formula is C13H18BrNO2. The predicted octanol–water partition coefficient (Wildman–Crippen LogP) is 3.29. The van der Waals surface area contributed by atoms with Gasteiger partial charge in [0.1, 0.15) is 5.75 Å². The van der Waals surface area contributed by atoms with Crippen molar-refractivity contribution in [2.45, 2.75) is 19.4 Å². The van der Waals surface area contributed by atoms with Crippen LogP contribution in [0.1, 0.15) is 13.3 Å². The van der Waals surface area contributed by atoms with Crippen molar-refractivity contribution in [1.29, 1.82) is 0 Å². The number of benzene rings is 1. The van der Waals surface area contributed by atoms with Crippen molar-refractivity contribution >= 4 is 21.6 Å². The van der Waals surface area contributed by atoms with E-state index in [-0.39, 0.29) is 0 Å². The van der Waals surface area contributed by atoms with E-state index >= 15 is 0 Å². The largest absolute Gasteiger partial charge is 0.495 e. The highest BCUT2D eigenvalue weighted by molar-refractivity contribution is 9.10. The summed E-state index contributed by atoms with van der Waals surface area (Å²) in [6.45, 7) is 3.93. The summed E-state index contributed by atoms with van der Waals surface area (Å²) in [6.07, 6.45) is 1.13. The second-order valence-electron chi connectivity index (χ2n) is 4.40. The van der Waals surface area contributed by atoms with Crippen LogP contribution in [0.3, 0.4) is 0 Å². The monoisotopic (exact) mass is 299 g/mol. The summed E-state index contributed by atoms with van der Waals surface area (Å²) in [7, 11) is 1.69. The Kier molecular flexibility index (Phi) is 4.29. The molecule has 1 fully saturated rings. The van der Waals surface area contributed by atoms with Crippen LogP contribution in [0.5, 0.6) is 5.75 Å². The summed E-state index contributed by atoms with van der Waals surface area (Å²) < 4.78 is 11.8. The van der Waals surface area contributed by atoms with Gasteiger partial charge in [-0.2, -0.15) is 0 Å². The van der Waals surface area contributed by atoms with Gasteiger partial charge in [-0.25, -0.2) is 0 Å². The Bertz CT molecular complexity index is 378. The molecule has 2 unspecified atom stereocenters. The maximum atomic E-state index is 5.42. The third-order valence-electron chi connectivity index (χ3n) is 3.22. The van der Waals surface area contributed by atoms with E-state index in [1.165, 1.54) is 0 Å². The van der Waals surface area contributed by atoms with Crippen LogP contribution in [0.25, 0.3) is 0 Å². The third-order valence-corrected chi connectivity index (χ3v) is 3.71. The zero-order valence-corrected chi connectivity index (χ0v) is 11.8. The molecule has 0 aromatic heterocycles. The molecule has 1 aromatic rings. The van der Waals surface area contributed by atoms with E-state index in [0.717, 1.165) is 35.5 Å². The zero-order valence-electron chi connectivity index (χ0n) is 10.2. The van der Waals surface area contributed by atoms with Crippen LogP contribution in [0, 0.1) is 5.92 Å². The first-order valence-corrected chi connectivity index (χ1v) is 6.68. The van der Waals surface area contributed by atoms with Crippen LogP contribution in [0.4, 0.5) is 5.69 Å². The van der Waals surface area contributed by atoms with Gasteiger partial charge >= 0.3 is 0 Å². The predicted molar refractivity (Wildman–Crippen MR) is 72.7 cm³/mol. The van der Waals surface area contributed by atoms with Crippen LogP contribution in [-0.2, 0) is 4.74 Å². The molecule has 2 rings (SSSR count). The highest BCUT2D eigenvalue weighted by Crippen LogP contribution is 2.30. The molecule has 17 heavy (non-hydrogen) atoms. The maximum Gasteiger partial charge on any atom is 0.142 e. The lowest BCUT2D eigenvalue weighted by atomic mass is 10.0. The van der Waals surface area contributed by atoms with Crippen molar-refractivity contribution in [2.75, 3.05) is 25.6 Å². The Morgan fingerprint density at radius 3 is 3.00 bits per heavy atom. The third kappa shape index (κ3) is 3.13. The van der Waals surface area contributed by atoms with Gasteiger partial charge in [0, 0.05) is 23.0 Å². The maximum absolute atomic E-state index is 5.42. The van der Waals surface area contributed by atoms with Gasteiger partial charge < -0.3 is 14.8 Å². The summed E-state index contributed by atoms with van der Waals surface area (Å²) in [6, 6.07) is 6.38. The second-order valence-corrected chi connectivity index (χ2v) is 5.32. The Labute approximate surface area is 111 Å². The molecule has 0 amide bonds. The summed E-state index contributed by atoms with van der Waals surface area (Å²) in [4.78, 5) is 0. The van der Waals surface area contributed by atoms with Gasteiger partial charge in [-0.15, -0.1) is 0 Å². The average Bonchev–Trinajstić information content (AvgIpc) is 2.83. The van der Waals surface area contributed by atoms with Gasteiger partial charge in [0.2, 0.25) is 0 Å². The number of ether oxygens (including phenoxy) is 2. The van der Waals surface area contributed by atoms with E-state index < -0.39 is 0 Å². The van der Waals surface area contributed by atoms with Gasteiger partial charge in [0.25, 0.3) is 0 Å². The number of halogens is 1. The average molecular weight is 300 g/mol. The number of hydrogen-bond donors (Lipinski definition) is 1. The minimum atomic E-state index is 0.390. The van der Waals surface area contributed by atoms with Crippen molar-refractivity contribution in [3.8, 4) is 5.75 Å². The van der Waals surface area contributed by atoms with E-state index in [1.54, 1.807) is 7.11 Å². The SMILES string of the molecule is COc1ccc(Br)cc1NC(C)C1CCOC1. The molecular weight excluding hydrogens is 282 g/mol. The highest BCUT2D eigenvalue weighted by Gasteiger charge is 2.22. The molecule has 1 aromatic carbocycles. The smallest absolute Gasteiger partial charge is 0.142 e. The van der Waals surface area contributed by atoms with E-state index in [9.17, 15) is 0 Å². The lowest BCUT2D eigenvalue weighted by Crippen LogP contribution is -2.26. The molecule has 0 spiro atoms. The standard InChI is InChI=1S/C13H18BrNO2/c1-9(10-5-6-17-8-10)15-12-7-11(14)3-4-13(12)16-2/h3-4,7,9-10,15H,5-6,8H2,1-2H3. The molecule has 2 atom stereocenters. The molecule has 0 saturated carbocycles. The first kappa shape index (κ1) is 12.7. The van der Waals surface area contributed by atoms with Crippen LogP contribution < -0.4 is 10.1 Å². The summed E-state index contributed by atoms with van der Waals surface area (Å²) >= 11 is 3.48. The second kappa shape index (κ2) is 5.74. The van der Waals surface area contributed by atoms with Crippen molar-refractivity contribution in [3.05, 3.63) is 22.7 Å². The van der Waals surface area contributed by atoms with Gasteiger partial charge in [-0.05, 0) is 31.5 Å². The molecule has 0 radical (unpaired) electrons. The molecule has 3 nitrogen and oxygen atoms in total.